The Balaban J connectivity index is 1.94. The van der Waals surface area contributed by atoms with Crippen molar-refractivity contribution in [2.45, 2.75) is 26.9 Å². The summed E-state index contributed by atoms with van der Waals surface area (Å²) in [5, 5.41) is 1.91. The summed E-state index contributed by atoms with van der Waals surface area (Å²) in [4.78, 5) is 15.4. The molecule has 0 atom stereocenters. The van der Waals surface area contributed by atoms with Crippen LogP contribution >= 0.6 is 34.3 Å². The van der Waals surface area contributed by atoms with E-state index in [4.69, 9.17) is 11.6 Å². The molecule has 0 aliphatic carbocycles. The zero-order valence-corrected chi connectivity index (χ0v) is 13.4. The average molecular weight is 317 g/mol. The normalized spacial score (nSPS) is 11.4. The van der Waals surface area contributed by atoms with Crippen LogP contribution in [0.2, 0.25) is 4.34 Å². The lowest BCUT2D eigenvalue weighted by Gasteiger charge is -2.19. The van der Waals surface area contributed by atoms with Crippen molar-refractivity contribution in [3.63, 3.8) is 0 Å². The van der Waals surface area contributed by atoms with Crippen LogP contribution in [0.4, 0.5) is 0 Å². The Morgan fingerprint density at radius 1 is 1.42 bits per heavy atom. The lowest BCUT2D eigenvalue weighted by molar-refractivity contribution is 0.269. The zero-order chi connectivity index (χ0) is 13.8. The highest BCUT2D eigenvalue weighted by atomic mass is 35.5. The first-order valence-electron chi connectivity index (χ1n) is 6.21. The molecule has 0 amide bonds. The molecule has 2 aromatic rings. The van der Waals surface area contributed by atoms with Crippen molar-refractivity contribution >= 4 is 34.3 Å². The quantitative estimate of drug-likeness (QED) is 0.815. The molecule has 0 N–H and O–H groups in total. The molecule has 0 saturated heterocycles. The number of likely N-dealkylation sites (N-methyl/N-ethyl adjacent to an activating group) is 1. The molecule has 3 nitrogen and oxygen atoms in total. The molecule has 0 spiro atoms. The van der Waals surface area contributed by atoms with Gasteiger partial charge in [-0.1, -0.05) is 29.9 Å². The molecule has 0 bridgehead atoms. The molecule has 0 radical (unpaired) electrons. The van der Waals surface area contributed by atoms with Gasteiger partial charge in [0.15, 0.2) is 0 Å². The van der Waals surface area contributed by atoms with Gasteiger partial charge in [-0.3, -0.25) is 9.69 Å². The standard InChI is InChI=1S/C13H17ClN2OS2/c1-3-15(8-11-4-5-12(14)19-11)6-7-16-10(2)9-18-13(16)17/h4-5,9H,3,6-8H2,1-2H3. The van der Waals surface area contributed by atoms with Crippen molar-refractivity contribution < 1.29 is 0 Å². The number of hydrogen-bond donors (Lipinski definition) is 0. The van der Waals surface area contributed by atoms with E-state index in [2.05, 4.69) is 17.9 Å². The highest BCUT2D eigenvalue weighted by Gasteiger charge is 2.08. The van der Waals surface area contributed by atoms with Crippen molar-refractivity contribution in [3.8, 4) is 0 Å². The van der Waals surface area contributed by atoms with Crippen molar-refractivity contribution in [1.29, 1.82) is 0 Å². The van der Waals surface area contributed by atoms with E-state index in [0.717, 1.165) is 36.2 Å². The third kappa shape index (κ3) is 3.92. The predicted molar refractivity (Wildman–Crippen MR) is 83.6 cm³/mol. The van der Waals surface area contributed by atoms with E-state index in [0.29, 0.717) is 0 Å². The van der Waals surface area contributed by atoms with Crippen LogP contribution in [0.5, 0.6) is 0 Å². The van der Waals surface area contributed by atoms with Gasteiger partial charge >= 0.3 is 4.87 Å². The van der Waals surface area contributed by atoms with Crippen LogP contribution in [-0.4, -0.2) is 22.6 Å². The number of halogens is 1. The number of thiophene rings is 1. The maximum Gasteiger partial charge on any atom is 0.307 e. The fourth-order valence-electron chi connectivity index (χ4n) is 1.92. The minimum atomic E-state index is 0.132. The highest BCUT2D eigenvalue weighted by molar-refractivity contribution is 7.16. The number of rotatable bonds is 6. The lowest BCUT2D eigenvalue weighted by Crippen LogP contribution is -2.29. The minimum Gasteiger partial charge on any atom is -0.302 e. The Morgan fingerprint density at radius 3 is 2.74 bits per heavy atom. The monoisotopic (exact) mass is 316 g/mol. The van der Waals surface area contributed by atoms with Crippen LogP contribution in [0, 0.1) is 6.92 Å². The SMILES string of the molecule is CCN(CCn1c(C)csc1=O)Cc1ccc(Cl)s1. The van der Waals surface area contributed by atoms with E-state index in [1.165, 1.54) is 16.2 Å². The van der Waals surface area contributed by atoms with E-state index < -0.39 is 0 Å². The molecule has 0 saturated carbocycles. The fraction of sp³-hybridized carbons (Fsp3) is 0.462. The molecule has 2 heterocycles. The van der Waals surface area contributed by atoms with Crippen LogP contribution in [0.3, 0.4) is 0 Å². The maximum atomic E-state index is 11.7. The van der Waals surface area contributed by atoms with Gasteiger partial charge in [0, 0.05) is 35.6 Å². The third-order valence-electron chi connectivity index (χ3n) is 3.07. The van der Waals surface area contributed by atoms with Gasteiger partial charge < -0.3 is 4.57 Å². The summed E-state index contributed by atoms with van der Waals surface area (Å²) in [6.07, 6.45) is 0. The molecule has 104 valence electrons. The molecule has 0 fully saturated rings. The maximum absolute atomic E-state index is 11.7. The van der Waals surface area contributed by atoms with Gasteiger partial charge in [0.2, 0.25) is 0 Å². The summed E-state index contributed by atoms with van der Waals surface area (Å²) < 4.78 is 2.67. The second-order valence-corrected chi connectivity index (χ2v) is 6.99. The summed E-state index contributed by atoms with van der Waals surface area (Å²) in [6, 6.07) is 4.00. The van der Waals surface area contributed by atoms with Crippen LogP contribution in [0.25, 0.3) is 0 Å². The van der Waals surface area contributed by atoms with Gasteiger partial charge in [0.1, 0.15) is 0 Å². The summed E-state index contributed by atoms with van der Waals surface area (Å²) in [7, 11) is 0. The summed E-state index contributed by atoms with van der Waals surface area (Å²) >= 11 is 8.83. The predicted octanol–water partition coefficient (Wildman–Crippen LogP) is 3.46. The number of nitrogens with zero attached hydrogens (tertiary/aromatic N) is 2. The second-order valence-electron chi connectivity index (χ2n) is 4.37. The Kier molecular flexibility index (Phi) is 5.21. The Labute approximate surface area is 126 Å². The first kappa shape index (κ1) is 14.8. The van der Waals surface area contributed by atoms with Gasteiger partial charge in [0.25, 0.3) is 0 Å². The van der Waals surface area contributed by atoms with E-state index in [1.54, 1.807) is 11.3 Å². The second kappa shape index (κ2) is 6.70. The lowest BCUT2D eigenvalue weighted by atomic mass is 10.4. The van der Waals surface area contributed by atoms with Crippen LogP contribution < -0.4 is 4.87 Å². The molecule has 0 aliphatic rings. The molecular formula is C13H17ClN2OS2. The number of hydrogen-bond acceptors (Lipinski definition) is 4. The van der Waals surface area contributed by atoms with E-state index in [9.17, 15) is 4.79 Å². The van der Waals surface area contributed by atoms with Crippen molar-refractivity contribution in [2.75, 3.05) is 13.1 Å². The molecule has 19 heavy (non-hydrogen) atoms. The van der Waals surface area contributed by atoms with Crippen LogP contribution in [-0.2, 0) is 13.1 Å². The van der Waals surface area contributed by atoms with Crippen molar-refractivity contribution in [1.82, 2.24) is 9.47 Å². The molecule has 0 unspecified atom stereocenters. The first-order chi connectivity index (χ1) is 9.10. The van der Waals surface area contributed by atoms with Crippen molar-refractivity contribution in [2.24, 2.45) is 0 Å². The zero-order valence-electron chi connectivity index (χ0n) is 11.1. The first-order valence-corrected chi connectivity index (χ1v) is 8.29. The number of thiazole rings is 1. The summed E-state index contributed by atoms with van der Waals surface area (Å²) in [5.41, 5.74) is 1.05. The molecule has 0 aliphatic heterocycles. The molecule has 2 rings (SSSR count). The molecule has 0 aromatic carbocycles. The topological polar surface area (TPSA) is 25.2 Å². The van der Waals surface area contributed by atoms with Crippen LogP contribution in [0.1, 0.15) is 17.5 Å². The summed E-state index contributed by atoms with van der Waals surface area (Å²) in [6.45, 7) is 7.61. The molecule has 6 heteroatoms. The van der Waals surface area contributed by atoms with Crippen LogP contribution in [0.15, 0.2) is 22.3 Å². The number of aryl methyl sites for hydroxylation is 1. The Morgan fingerprint density at radius 2 is 2.21 bits per heavy atom. The third-order valence-corrected chi connectivity index (χ3v) is 5.17. The van der Waals surface area contributed by atoms with E-state index in [-0.39, 0.29) is 4.87 Å². The average Bonchev–Trinajstić information content (AvgIpc) is 2.93. The number of aromatic nitrogens is 1. The molecular weight excluding hydrogens is 300 g/mol. The minimum absolute atomic E-state index is 0.132. The largest absolute Gasteiger partial charge is 0.307 e. The molecule has 2 aromatic heterocycles. The fourth-order valence-corrected chi connectivity index (χ4v) is 3.81. The van der Waals surface area contributed by atoms with Gasteiger partial charge in [-0.2, -0.15) is 0 Å². The smallest absolute Gasteiger partial charge is 0.302 e. The van der Waals surface area contributed by atoms with Gasteiger partial charge in [-0.05, 0) is 25.6 Å². The highest BCUT2D eigenvalue weighted by Crippen LogP contribution is 2.22. The summed E-state index contributed by atoms with van der Waals surface area (Å²) in [5.74, 6) is 0. The Bertz CT molecular complexity index is 587. The van der Waals surface area contributed by atoms with Gasteiger partial charge in [-0.15, -0.1) is 11.3 Å². The van der Waals surface area contributed by atoms with Crippen molar-refractivity contribution in [3.05, 3.63) is 42.1 Å². The van der Waals surface area contributed by atoms with Gasteiger partial charge in [-0.25, -0.2) is 0 Å². The van der Waals surface area contributed by atoms with E-state index in [1.807, 2.05) is 22.9 Å². The van der Waals surface area contributed by atoms with E-state index >= 15 is 0 Å². The van der Waals surface area contributed by atoms with Gasteiger partial charge in [0.05, 0.1) is 4.34 Å². The Hall–Kier alpha value is -0.620.